The lowest BCUT2D eigenvalue weighted by Crippen LogP contribution is -2.49. The fourth-order valence-corrected chi connectivity index (χ4v) is 3.07. The molecule has 1 aliphatic heterocycles. The van der Waals surface area contributed by atoms with Gasteiger partial charge >= 0.3 is 0 Å². The van der Waals surface area contributed by atoms with E-state index < -0.39 is 0 Å². The normalized spacial score (nSPS) is 23.4. The van der Waals surface area contributed by atoms with Crippen molar-refractivity contribution in [2.75, 3.05) is 13.1 Å². The molecular weight excluding hydrogens is 355 g/mol. The predicted molar refractivity (Wildman–Crippen MR) is 83.1 cm³/mol. The molecule has 104 valence electrons. The first-order valence-electron chi connectivity index (χ1n) is 6.52. The maximum atomic E-state index is 12.6. The third-order valence-corrected chi connectivity index (χ3v) is 4.37. The second kappa shape index (κ2) is 6.09. The summed E-state index contributed by atoms with van der Waals surface area (Å²) in [7, 11) is 0. The first-order valence-corrected chi connectivity index (χ1v) is 7.60. The number of aromatic hydroxyl groups is 1. The quantitative estimate of drug-likeness (QED) is 0.780. The molecule has 0 radical (unpaired) electrons. The number of nitrogens with two attached hydrogens (primary N) is 1. The zero-order valence-corrected chi connectivity index (χ0v) is 13.1. The van der Waals surface area contributed by atoms with Crippen molar-refractivity contribution < 1.29 is 9.90 Å². The second-order valence-corrected chi connectivity index (χ2v) is 6.42. The van der Waals surface area contributed by atoms with E-state index in [4.69, 9.17) is 5.73 Å². The van der Waals surface area contributed by atoms with Gasteiger partial charge in [0, 0.05) is 22.7 Å². The van der Waals surface area contributed by atoms with E-state index in [1.54, 1.807) is 18.2 Å². The minimum atomic E-state index is -0.113. The van der Waals surface area contributed by atoms with E-state index >= 15 is 0 Å². The van der Waals surface area contributed by atoms with Crippen molar-refractivity contribution in [1.82, 2.24) is 4.90 Å². The Morgan fingerprint density at radius 2 is 2.32 bits per heavy atom. The molecule has 0 spiro atoms. The summed E-state index contributed by atoms with van der Waals surface area (Å²) >= 11 is 2.14. The van der Waals surface area contributed by atoms with Gasteiger partial charge in [0.05, 0.1) is 5.56 Å². The smallest absolute Gasteiger partial charge is 0.257 e. The lowest BCUT2D eigenvalue weighted by Gasteiger charge is -2.38. The Morgan fingerprint density at radius 1 is 1.58 bits per heavy atom. The molecule has 1 fully saturated rings. The number of hydrogen-bond acceptors (Lipinski definition) is 3. The van der Waals surface area contributed by atoms with Crippen molar-refractivity contribution in [3.63, 3.8) is 0 Å². The Hall–Kier alpha value is -0.820. The minimum absolute atomic E-state index is 0.0415. The molecule has 1 aromatic carbocycles. The standard InChI is InChI=1S/C14H19IN2O2/c1-9-4-5-17(11(6-9)8-16)14(19)12-7-10(15)2-3-13(12)18/h2-3,7,9,11,18H,4-6,8,16H2,1H3. The molecule has 1 amide bonds. The number of piperidine rings is 1. The summed E-state index contributed by atoms with van der Waals surface area (Å²) in [5.74, 6) is 0.528. The molecule has 1 saturated heterocycles. The van der Waals surface area contributed by atoms with Gasteiger partial charge in [-0.15, -0.1) is 0 Å². The van der Waals surface area contributed by atoms with E-state index in [9.17, 15) is 9.90 Å². The number of hydrogen-bond donors (Lipinski definition) is 2. The SMILES string of the molecule is CC1CCN(C(=O)c2cc(I)ccc2O)C(CN)C1. The van der Waals surface area contributed by atoms with Gasteiger partial charge in [-0.3, -0.25) is 4.79 Å². The lowest BCUT2D eigenvalue weighted by molar-refractivity contribution is 0.0570. The Kier molecular flexibility index (Phi) is 4.67. The van der Waals surface area contributed by atoms with Crippen LogP contribution in [0, 0.1) is 9.49 Å². The van der Waals surface area contributed by atoms with Gasteiger partial charge in [0.2, 0.25) is 0 Å². The zero-order chi connectivity index (χ0) is 14.0. The van der Waals surface area contributed by atoms with Crippen molar-refractivity contribution in [3.05, 3.63) is 27.3 Å². The maximum Gasteiger partial charge on any atom is 0.257 e. The molecule has 0 aromatic heterocycles. The molecule has 2 atom stereocenters. The average Bonchev–Trinajstić information content (AvgIpc) is 2.40. The summed E-state index contributed by atoms with van der Waals surface area (Å²) < 4.78 is 0.938. The van der Waals surface area contributed by atoms with Crippen LogP contribution in [0.1, 0.15) is 30.1 Å². The maximum absolute atomic E-state index is 12.6. The first kappa shape index (κ1) is 14.6. The van der Waals surface area contributed by atoms with Gasteiger partial charge in [0.25, 0.3) is 5.91 Å². The van der Waals surface area contributed by atoms with E-state index in [2.05, 4.69) is 29.5 Å². The molecule has 1 aromatic rings. The van der Waals surface area contributed by atoms with Gasteiger partial charge in [-0.1, -0.05) is 6.92 Å². The molecule has 2 unspecified atom stereocenters. The summed E-state index contributed by atoms with van der Waals surface area (Å²) in [4.78, 5) is 14.4. The van der Waals surface area contributed by atoms with E-state index in [1.807, 2.05) is 4.90 Å². The first-order chi connectivity index (χ1) is 9.02. The molecule has 2 rings (SSSR count). The van der Waals surface area contributed by atoms with Crippen LogP contribution < -0.4 is 5.73 Å². The highest BCUT2D eigenvalue weighted by Crippen LogP contribution is 2.27. The number of carbonyl (C=O) groups excluding carboxylic acids is 1. The van der Waals surface area contributed by atoms with Crippen LogP contribution in [0.4, 0.5) is 0 Å². The van der Waals surface area contributed by atoms with Gasteiger partial charge in [-0.05, 0) is 59.5 Å². The number of likely N-dealkylation sites (tertiary alicyclic amines) is 1. The highest BCUT2D eigenvalue weighted by Gasteiger charge is 2.30. The summed E-state index contributed by atoms with van der Waals surface area (Å²) in [6.07, 6.45) is 1.93. The number of phenolic OH excluding ortho intramolecular Hbond substituents is 1. The second-order valence-electron chi connectivity index (χ2n) is 5.18. The highest BCUT2D eigenvalue weighted by atomic mass is 127. The van der Waals surface area contributed by atoms with Crippen LogP contribution in [0.25, 0.3) is 0 Å². The van der Waals surface area contributed by atoms with Gasteiger partial charge < -0.3 is 15.7 Å². The Bertz CT molecular complexity index is 479. The van der Waals surface area contributed by atoms with Crippen LogP contribution in [0.15, 0.2) is 18.2 Å². The number of benzene rings is 1. The molecule has 0 bridgehead atoms. The Balaban J connectivity index is 2.25. The molecule has 3 N–H and O–H groups in total. The number of rotatable bonds is 2. The minimum Gasteiger partial charge on any atom is -0.507 e. The number of halogens is 1. The van der Waals surface area contributed by atoms with E-state index in [1.165, 1.54) is 0 Å². The van der Waals surface area contributed by atoms with Crippen LogP contribution in [0.5, 0.6) is 5.75 Å². The topological polar surface area (TPSA) is 66.6 Å². The fourth-order valence-electron chi connectivity index (χ4n) is 2.58. The third-order valence-electron chi connectivity index (χ3n) is 3.70. The molecule has 0 saturated carbocycles. The number of amides is 1. The summed E-state index contributed by atoms with van der Waals surface area (Å²) in [5, 5.41) is 9.86. The fraction of sp³-hybridized carbons (Fsp3) is 0.500. The Labute approximate surface area is 127 Å². The van der Waals surface area contributed by atoms with Gasteiger partial charge in [-0.25, -0.2) is 0 Å². The van der Waals surface area contributed by atoms with Crippen molar-refractivity contribution >= 4 is 28.5 Å². The van der Waals surface area contributed by atoms with Crippen LogP contribution in [0.2, 0.25) is 0 Å². The largest absolute Gasteiger partial charge is 0.507 e. The molecular formula is C14H19IN2O2. The number of nitrogens with zero attached hydrogens (tertiary/aromatic N) is 1. The third kappa shape index (κ3) is 3.20. The Morgan fingerprint density at radius 3 is 3.00 bits per heavy atom. The lowest BCUT2D eigenvalue weighted by atomic mass is 9.92. The van der Waals surface area contributed by atoms with Crippen molar-refractivity contribution in [2.45, 2.75) is 25.8 Å². The van der Waals surface area contributed by atoms with Gasteiger partial charge in [-0.2, -0.15) is 0 Å². The molecule has 5 heteroatoms. The average molecular weight is 374 g/mol. The van der Waals surface area contributed by atoms with Crippen molar-refractivity contribution in [1.29, 1.82) is 0 Å². The number of carbonyl (C=O) groups is 1. The summed E-state index contributed by atoms with van der Waals surface area (Å²) in [6, 6.07) is 5.15. The van der Waals surface area contributed by atoms with Crippen molar-refractivity contribution in [3.8, 4) is 5.75 Å². The summed E-state index contributed by atoms with van der Waals surface area (Å²) in [6.45, 7) is 3.38. The predicted octanol–water partition coefficient (Wildman–Crippen LogP) is 2.20. The van der Waals surface area contributed by atoms with Crippen LogP contribution >= 0.6 is 22.6 Å². The molecule has 4 nitrogen and oxygen atoms in total. The molecule has 0 aliphatic carbocycles. The summed E-state index contributed by atoms with van der Waals surface area (Å²) in [5.41, 5.74) is 6.16. The van der Waals surface area contributed by atoms with E-state index in [0.717, 1.165) is 16.4 Å². The molecule has 1 heterocycles. The van der Waals surface area contributed by atoms with E-state index in [-0.39, 0.29) is 17.7 Å². The monoisotopic (exact) mass is 374 g/mol. The van der Waals surface area contributed by atoms with Crippen LogP contribution in [-0.4, -0.2) is 35.0 Å². The molecule has 1 aliphatic rings. The zero-order valence-electron chi connectivity index (χ0n) is 11.0. The van der Waals surface area contributed by atoms with E-state index in [0.29, 0.717) is 24.6 Å². The van der Waals surface area contributed by atoms with Gasteiger partial charge in [0.1, 0.15) is 5.75 Å². The highest BCUT2D eigenvalue weighted by molar-refractivity contribution is 14.1. The molecule has 19 heavy (non-hydrogen) atoms. The number of phenols is 1. The van der Waals surface area contributed by atoms with Crippen LogP contribution in [0.3, 0.4) is 0 Å². The van der Waals surface area contributed by atoms with Crippen molar-refractivity contribution in [2.24, 2.45) is 11.7 Å². The van der Waals surface area contributed by atoms with Crippen LogP contribution in [-0.2, 0) is 0 Å². The van der Waals surface area contributed by atoms with Gasteiger partial charge in [0.15, 0.2) is 0 Å².